The molecule has 0 spiro atoms. The highest BCUT2D eigenvalue weighted by molar-refractivity contribution is 7.99. The van der Waals surface area contributed by atoms with Gasteiger partial charge in [-0.15, -0.1) is 0 Å². The van der Waals surface area contributed by atoms with Gasteiger partial charge in [-0.05, 0) is 70.0 Å². The van der Waals surface area contributed by atoms with Crippen molar-refractivity contribution in [1.29, 1.82) is 0 Å². The smallest absolute Gasteiger partial charge is 0.309 e. The fraction of sp³-hybridized carbons (Fsp3) is 0.632. The van der Waals surface area contributed by atoms with Gasteiger partial charge in [0.1, 0.15) is 0 Å². The molecule has 2 aromatic carbocycles. The minimum Gasteiger partial charge on any atom is -0.465 e. The molecule has 45 heavy (non-hydrogen) atoms. The molecule has 0 N–H and O–H groups in total. The van der Waals surface area contributed by atoms with Gasteiger partial charge in [-0.3, -0.25) is 9.59 Å². The molecular formula is C38H60N2O4S. The third-order valence-corrected chi connectivity index (χ3v) is 9.89. The van der Waals surface area contributed by atoms with Crippen LogP contribution in [0.1, 0.15) is 99.3 Å². The van der Waals surface area contributed by atoms with Gasteiger partial charge < -0.3 is 19.3 Å². The molecule has 0 fully saturated rings. The first-order valence-electron chi connectivity index (χ1n) is 17.3. The molecule has 0 aliphatic carbocycles. The van der Waals surface area contributed by atoms with Crippen LogP contribution in [0.4, 0.5) is 11.4 Å². The quantitative estimate of drug-likeness (QED) is 0.150. The third-order valence-electron chi connectivity index (χ3n) is 8.76. The van der Waals surface area contributed by atoms with Gasteiger partial charge in [0.05, 0.1) is 36.9 Å². The van der Waals surface area contributed by atoms with Crippen molar-refractivity contribution in [2.75, 3.05) is 38.8 Å². The lowest BCUT2D eigenvalue weighted by molar-refractivity contribution is -0.156. The van der Waals surface area contributed by atoms with Crippen LogP contribution < -0.4 is 4.90 Å². The van der Waals surface area contributed by atoms with Crippen LogP contribution in [0.3, 0.4) is 0 Å². The molecule has 1 aliphatic rings. The van der Waals surface area contributed by atoms with Crippen molar-refractivity contribution in [3.63, 3.8) is 0 Å². The number of anilines is 2. The molecule has 0 aromatic heterocycles. The predicted octanol–water partition coefficient (Wildman–Crippen LogP) is 9.77. The van der Waals surface area contributed by atoms with Crippen LogP contribution >= 0.6 is 11.8 Å². The molecule has 7 heteroatoms. The minimum atomic E-state index is -0.438. The zero-order chi connectivity index (χ0) is 33.2. The van der Waals surface area contributed by atoms with E-state index in [1.807, 2.05) is 11.8 Å². The first-order chi connectivity index (χ1) is 21.6. The predicted molar refractivity (Wildman–Crippen MR) is 189 cm³/mol. The highest BCUT2D eigenvalue weighted by atomic mass is 32.2. The van der Waals surface area contributed by atoms with Crippen LogP contribution in [-0.2, 0) is 19.1 Å². The SMILES string of the molecule is CC(CN1c2ccccc2Sc2ccccc21)N(C)C.CCCCC(CC)COC(=O)CC(C)C(=O)OCC(CC)CCCC. The summed E-state index contributed by atoms with van der Waals surface area (Å²) in [6.45, 7) is 14.5. The number of para-hydroxylation sites is 2. The molecule has 0 amide bonds. The molecule has 2 aromatic rings. The molecule has 3 rings (SSSR count). The highest BCUT2D eigenvalue weighted by Gasteiger charge is 2.25. The van der Waals surface area contributed by atoms with Crippen LogP contribution in [0.2, 0.25) is 0 Å². The summed E-state index contributed by atoms with van der Waals surface area (Å²) in [6.07, 6.45) is 8.95. The van der Waals surface area contributed by atoms with Gasteiger partial charge in [0, 0.05) is 22.4 Å². The summed E-state index contributed by atoms with van der Waals surface area (Å²) in [5, 5.41) is 0. The molecule has 4 unspecified atom stereocenters. The zero-order valence-corrected chi connectivity index (χ0v) is 30.2. The van der Waals surface area contributed by atoms with Crippen LogP contribution in [-0.4, -0.2) is 56.7 Å². The summed E-state index contributed by atoms with van der Waals surface area (Å²) >= 11 is 1.87. The molecule has 0 saturated carbocycles. The number of benzene rings is 2. The highest BCUT2D eigenvalue weighted by Crippen LogP contribution is 2.47. The number of fused-ring (bicyclic) bond motifs is 2. The van der Waals surface area contributed by atoms with E-state index in [4.69, 9.17) is 9.47 Å². The number of hydrogen-bond donors (Lipinski definition) is 0. The average molecular weight is 641 g/mol. The lowest BCUT2D eigenvalue weighted by Gasteiger charge is -2.36. The fourth-order valence-electron chi connectivity index (χ4n) is 5.15. The third kappa shape index (κ3) is 13.4. The van der Waals surface area contributed by atoms with Crippen LogP contribution in [0.25, 0.3) is 0 Å². The maximum absolute atomic E-state index is 12.1. The normalized spacial score (nSPS) is 14.7. The summed E-state index contributed by atoms with van der Waals surface area (Å²) in [4.78, 5) is 31.4. The zero-order valence-electron chi connectivity index (χ0n) is 29.3. The van der Waals surface area contributed by atoms with Crippen molar-refractivity contribution >= 4 is 35.1 Å². The van der Waals surface area contributed by atoms with E-state index in [0.717, 1.165) is 57.9 Å². The lowest BCUT2D eigenvalue weighted by atomic mass is 10.0. The molecule has 252 valence electrons. The van der Waals surface area contributed by atoms with E-state index < -0.39 is 5.92 Å². The van der Waals surface area contributed by atoms with E-state index in [0.29, 0.717) is 31.1 Å². The largest absolute Gasteiger partial charge is 0.465 e. The number of rotatable bonds is 18. The Balaban J connectivity index is 0.000000319. The second-order valence-corrected chi connectivity index (χ2v) is 13.8. The molecular weight excluding hydrogens is 580 g/mol. The second kappa shape index (κ2) is 21.3. The van der Waals surface area contributed by atoms with Gasteiger partial charge in [-0.1, -0.05) is 109 Å². The molecule has 4 atom stereocenters. The van der Waals surface area contributed by atoms with Crippen LogP contribution in [0.15, 0.2) is 58.3 Å². The Morgan fingerprint density at radius 2 is 1.27 bits per heavy atom. The standard InChI is InChI=1S/C21H40O4.C17H20N2S/c1-6-10-12-18(8-3)15-24-20(22)14-17(5)21(23)25-16-19(9-4)13-11-7-2;1-13(18(2)3)12-19-14-8-4-6-10-16(14)20-17-11-7-5-9-15(17)19/h17-19H,6-16H2,1-5H3;4-11,13H,12H2,1-3H3. The molecule has 0 radical (unpaired) electrons. The summed E-state index contributed by atoms with van der Waals surface area (Å²) in [5.41, 5.74) is 2.65. The van der Waals surface area contributed by atoms with Gasteiger partial charge in [0.25, 0.3) is 0 Å². The first kappa shape index (κ1) is 38.7. The summed E-state index contributed by atoms with van der Waals surface area (Å²) < 4.78 is 10.8. The Morgan fingerprint density at radius 3 is 1.73 bits per heavy atom. The van der Waals surface area contributed by atoms with Crippen molar-refractivity contribution < 1.29 is 19.1 Å². The Labute approximate surface area is 278 Å². The van der Waals surface area contributed by atoms with Crippen molar-refractivity contribution in [2.45, 2.75) is 115 Å². The van der Waals surface area contributed by atoms with Gasteiger partial charge in [-0.25, -0.2) is 0 Å². The summed E-state index contributed by atoms with van der Waals surface area (Å²) in [6, 6.07) is 17.9. The minimum absolute atomic E-state index is 0.106. The van der Waals surface area contributed by atoms with E-state index in [2.05, 4.69) is 107 Å². The van der Waals surface area contributed by atoms with Crippen LogP contribution in [0.5, 0.6) is 0 Å². The van der Waals surface area contributed by atoms with Crippen LogP contribution in [0, 0.1) is 17.8 Å². The monoisotopic (exact) mass is 640 g/mol. The Morgan fingerprint density at radius 1 is 0.778 bits per heavy atom. The van der Waals surface area contributed by atoms with Gasteiger partial charge in [0.15, 0.2) is 0 Å². The number of hydrogen-bond acceptors (Lipinski definition) is 7. The fourth-order valence-corrected chi connectivity index (χ4v) is 6.24. The van der Waals surface area contributed by atoms with Gasteiger partial charge in [0.2, 0.25) is 0 Å². The second-order valence-electron chi connectivity index (χ2n) is 12.7. The van der Waals surface area contributed by atoms with E-state index in [1.54, 1.807) is 6.92 Å². The molecule has 6 nitrogen and oxygen atoms in total. The van der Waals surface area contributed by atoms with Gasteiger partial charge in [-0.2, -0.15) is 0 Å². The lowest BCUT2D eigenvalue weighted by Crippen LogP contribution is -2.37. The van der Waals surface area contributed by atoms with Crippen molar-refractivity contribution in [2.24, 2.45) is 17.8 Å². The van der Waals surface area contributed by atoms with E-state index in [9.17, 15) is 9.59 Å². The van der Waals surface area contributed by atoms with Crippen molar-refractivity contribution in [3.8, 4) is 0 Å². The topological polar surface area (TPSA) is 59.1 Å². The van der Waals surface area contributed by atoms with E-state index >= 15 is 0 Å². The molecule has 0 bridgehead atoms. The van der Waals surface area contributed by atoms with E-state index in [-0.39, 0.29) is 18.4 Å². The first-order valence-corrected chi connectivity index (χ1v) is 18.1. The number of likely N-dealkylation sites (N-methyl/N-ethyl adjacent to an activating group) is 1. The number of carbonyl (C=O) groups excluding carboxylic acids is 2. The average Bonchev–Trinajstić information content (AvgIpc) is 3.04. The maximum Gasteiger partial charge on any atom is 0.309 e. The summed E-state index contributed by atoms with van der Waals surface area (Å²) in [5.74, 6) is -0.170. The van der Waals surface area contributed by atoms with Crippen molar-refractivity contribution in [3.05, 3.63) is 48.5 Å². The maximum atomic E-state index is 12.1. The van der Waals surface area contributed by atoms with Gasteiger partial charge >= 0.3 is 11.9 Å². The number of esters is 2. The Kier molecular flexibility index (Phi) is 18.3. The number of carbonyl (C=O) groups is 2. The number of nitrogens with zero attached hydrogens (tertiary/aromatic N) is 2. The Hall–Kier alpha value is -2.51. The summed E-state index contributed by atoms with van der Waals surface area (Å²) in [7, 11) is 4.28. The number of unbranched alkanes of at least 4 members (excludes halogenated alkanes) is 2. The Bertz CT molecular complexity index is 1090. The number of ether oxygens (including phenoxy) is 2. The molecule has 0 saturated heterocycles. The van der Waals surface area contributed by atoms with E-state index in [1.165, 1.54) is 21.2 Å². The molecule has 1 heterocycles. The van der Waals surface area contributed by atoms with Crippen molar-refractivity contribution in [1.82, 2.24) is 4.90 Å². The molecule has 1 aliphatic heterocycles.